The van der Waals surface area contributed by atoms with E-state index in [1.54, 1.807) is 13.8 Å². The number of aromatic nitrogens is 4. The number of ether oxygens (including phenoxy) is 3. The Morgan fingerprint density at radius 1 is 1.08 bits per heavy atom. The zero-order valence-corrected chi connectivity index (χ0v) is 30.4. The maximum atomic E-state index is 14.3. The molecule has 0 bridgehead atoms. The van der Waals surface area contributed by atoms with Gasteiger partial charge in [-0.1, -0.05) is 0 Å². The summed E-state index contributed by atoms with van der Waals surface area (Å²) in [5.74, 6) is -0.0617. The molecular weight excluding hydrogens is 689 g/mol. The van der Waals surface area contributed by atoms with E-state index in [0.29, 0.717) is 18.9 Å². The largest absolute Gasteiger partial charge is 0.490 e. The summed E-state index contributed by atoms with van der Waals surface area (Å²) in [7, 11) is 0. The van der Waals surface area contributed by atoms with Crippen molar-refractivity contribution in [1.82, 2.24) is 34.9 Å². The van der Waals surface area contributed by atoms with E-state index in [1.165, 1.54) is 30.8 Å². The Morgan fingerprint density at radius 2 is 1.89 bits per heavy atom. The molecule has 8 rings (SSSR count). The van der Waals surface area contributed by atoms with Gasteiger partial charge in [-0.05, 0) is 83.3 Å². The summed E-state index contributed by atoms with van der Waals surface area (Å²) in [5.41, 5.74) is 2.37. The monoisotopic (exact) mass is 736 g/mol. The summed E-state index contributed by atoms with van der Waals surface area (Å²) in [4.78, 5) is 30.5. The van der Waals surface area contributed by atoms with Crippen molar-refractivity contribution in [2.24, 2.45) is 5.41 Å². The van der Waals surface area contributed by atoms with Gasteiger partial charge in [0.05, 0.1) is 17.7 Å². The Balaban J connectivity index is 0.853. The van der Waals surface area contributed by atoms with Gasteiger partial charge in [0, 0.05) is 81.2 Å². The molecule has 1 saturated carbocycles. The molecule has 4 fully saturated rings. The van der Waals surface area contributed by atoms with Crippen LogP contribution in [0.4, 0.5) is 19.0 Å². The molecule has 1 amide bonds. The molecule has 1 aliphatic carbocycles. The highest BCUT2D eigenvalue weighted by atomic mass is 19.3. The molecule has 4 aliphatic heterocycles. The van der Waals surface area contributed by atoms with Gasteiger partial charge in [-0.2, -0.15) is 0 Å². The summed E-state index contributed by atoms with van der Waals surface area (Å²) >= 11 is 0. The second-order valence-corrected chi connectivity index (χ2v) is 15.7. The Kier molecular flexibility index (Phi) is 9.92. The van der Waals surface area contributed by atoms with E-state index >= 15 is 0 Å². The van der Waals surface area contributed by atoms with Crippen molar-refractivity contribution in [1.29, 1.82) is 0 Å². The van der Waals surface area contributed by atoms with E-state index in [-0.39, 0.29) is 34.3 Å². The number of carbonyl (C=O) groups is 1. The Labute approximate surface area is 307 Å². The van der Waals surface area contributed by atoms with Crippen LogP contribution < -0.4 is 14.4 Å². The molecule has 0 N–H and O–H groups in total. The average molecular weight is 737 g/mol. The third-order valence-electron chi connectivity index (χ3n) is 11.4. The third-order valence-corrected chi connectivity index (χ3v) is 11.4. The number of carbonyl (C=O) groups excluding carboxylic acids is 1. The molecule has 6 heterocycles. The van der Waals surface area contributed by atoms with Crippen LogP contribution in [0.2, 0.25) is 0 Å². The number of hydrogen-bond acceptors (Lipinski definition) is 11. The topological polar surface area (TPSA) is 109 Å². The number of alkyl halides is 2. The van der Waals surface area contributed by atoms with Gasteiger partial charge in [0.25, 0.3) is 18.2 Å². The normalized spacial score (nSPS) is 20.7. The van der Waals surface area contributed by atoms with Gasteiger partial charge in [-0.25, -0.2) is 18.2 Å². The zero-order chi connectivity index (χ0) is 36.7. The van der Waals surface area contributed by atoms with E-state index in [1.807, 2.05) is 17.2 Å². The van der Waals surface area contributed by atoms with E-state index in [9.17, 15) is 18.0 Å². The number of fused-ring (bicyclic) bond motifs is 1. The van der Waals surface area contributed by atoms with Gasteiger partial charge in [0.2, 0.25) is 0 Å². The number of likely N-dealkylation sites (tertiary alicyclic amines) is 1. The van der Waals surface area contributed by atoms with Crippen LogP contribution in [0.5, 0.6) is 17.4 Å². The van der Waals surface area contributed by atoms with Crippen LogP contribution in [0.25, 0.3) is 0 Å². The van der Waals surface area contributed by atoms with Crippen molar-refractivity contribution in [3.8, 4) is 17.4 Å². The van der Waals surface area contributed by atoms with Crippen molar-refractivity contribution in [3.63, 3.8) is 0 Å². The summed E-state index contributed by atoms with van der Waals surface area (Å²) in [5, 5.41) is 8.00. The lowest BCUT2D eigenvalue weighted by atomic mass is 9.61. The first kappa shape index (κ1) is 35.9. The molecular formula is C38H47F3N8O4. The van der Waals surface area contributed by atoms with Crippen LogP contribution in [0, 0.1) is 11.2 Å². The summed E-state index contributed by atoms with van der Waals surface area (Å²) in [6.07, 6.45) is 6.78. The molecule has 12 nitrogen and oxygen atoms in total. The lowest BCUT2D eigenvalue weighted by Gasteiger charge is -2.58. The number of pyridine rings is 1. The Morgan fingerprint density at radius 3 is 2.64 bits per heavy atom. The van der Waals surface area contributed by atoms with Crippen molar-refractivity contribution in [3.05, 3.63) is 59.4 Å². The number of amides is 1. The van der Waals surface area contributed by atoms with Crippen LogP contribution >= 0.6 is 0 Å². The fourth-order valence-electron chi connectivity index (χ4n) is 8.79. The summed E-state index contributed by atoms with van der Waals surface area (Å²) in [6.45, 7) is 11.0. The number of anilines is 1. The van der Waals surface area contributed by atoms with E-state index in [2.05, 4.69) is 30.0 Å². The van der Waals surface area contributed by atoms with Gasteiger partial charge in [-0.3, -0.25) is 19.6 Å². The molecule has 284 valence electrons. The fourth-order valence-corrected chi connectivity index (χ4v) is 8.79. The lowest BCUT2D eigenvalue weighted by Crippen LogP contribution is -2.65. The predicted octanol–water partition coefficient (Wildman–Crippen LogP) is 4.97. The quantitative estimate of drug-likeness (QED) is 0.237. The van der Waals surface area contributed by atoms with Crippen molar-refractivity contribution in [2.75, 3.05) is 63.9 Å². The molecule has 0 unspecified atom stereocenters. The molecule has 15 heteroatoms. The first-order valence-electron chi connectivity index (χ1n) is 18.8. The van der Waals surface area contributed by atoms with Gasteiger partial charge in [0.1, 0.15) is 29.7 Å². The minimum Gasteiger partial charge on any atom is -0.490 e. The summed E-state index contributed by atoms with van der Waals surface area (Å²) < 4.78 is 59.6. The first-order chi connectivity index (χ1) is 25.6. The van der Waals surface area contributed by atoms with Crippen LogP contribution in [0.1, 0.15) is 67.6 Å². The first-order valence-corrected chi connectivity index (χ1v) is 18.8. The van der Waals surface area contributed by atoms with Crippen molar-refractivity contribution in [2.45, 2.75) is 83.1 Å². The Hall–Kier alpha value is -4.08. The predicted molar refractivity (Wildman–Crippen MR) is 189 cm³/mol. The average Bonchev–Trinajstić information content (AvgIpc) is 3.59. The van der Waals surface area contributed by atoms with Crippen LogP contribution in [-0.4, -0.2) is 124 Å². The second kappa shape index (κ2) is 14.6. The van der Waals surface area contributed by atoms with Crippen molar-refractivity contribution < 1.29 is 32.2 Å². The minimum atomic E-state index is -2.75. The molecule has 5 aliphatic rings. The smallest absolute Gasteiger partial charge is 0.282 e. The fraction of sp³-hybridized carbons (Fsp3) is 0.605. The highest BCUT2D eigenvalue weighted by Crippen LogP contribution is 2.52. The molecule has 3 aromatic rings. The minimum absolute atomic E-state index is 0.0186. The second-order valence-electron chi connectivity index (χ2n) is 15.7. The van der Waals surface area contributed by atoms with Gasteiger partial charge >= 0.3 is 0 Å². The zero-order valence-electron chi connectivity index (χ0n) is 30.4. The SMILES string of the molecule is CC(C)N(CC(F)F)C(=O)c1cc(F)ccc1Oc1nncnc1N1CC2(CC(Oc3ccnc4c3CN(CCCN3CC5(CCCO5)C3)CC4)C2)C1. The molecule has 0 radical (unpaired) electrons. The molecule has 2 spiro atoms. The van der Waals surface area contributed by atoms with E-state index in [0.717, 1.165) is 100 Å². The maximum absolute atomic E-state index is 14.3. The van der Waals surface area contributed by atoms with Gasteiger partial charge in [-0.15, -0.1) is 10.2 Å². The van der Waals surface area contributed by atoms with Gasteiger partial charge < -0.3 is 24.0 Å². The van der Waals surface area contributed by atoms with Crippen LogP contribution in [0.15, 0.2) is 36.8 Å². The lowest BCUT2D eigenvalue weighted by molar-refractivity contribution is -0.111. The summed E-state index contributed by atoms with van der Waals surface area (Å²) in [6, 6.07) is 4.88. The molecule has 0 atom stereocenters. The highest BCUT2D eigenvalue weighted by molar-refractivity contribution is 5.97. The van der Waals surface area contributed by atoms with Gasteiger partial charge in [0.15, 0.2) is 5.82 Å². The van der Waals surface area contributed by atoms with Crippen molar-refractivity contribution >= 4 is 11.7 Å². The number of nitrogens with zero attached hydrogens (tertiary/aromatic N) is 8. The standard InChI is InChI=1S/C38H47F3N8O4/c1-25(2)49(19-33(40)41)36(50)28-15-26(39)5-6-31(28)53-35-34(43-24-44-45-35)48-20-37(21-48)16-27(17-37)52-32-7-10-42-30-8-13-46(18-29(30)32)11-4-12-47-22-38(23-47)9-3-14-51-38/h5-7,10,15,24-25,27,33H,3-4,8-9,11-14,16-23H2,1-2H3. The number of hydrogen-bond donors (Lipinski definition) is 0. The third kappa shape index (κ3) is 7.52. The molecule has 53 heavy (non-hydrogen) atoms. The number of benzene rings is 1. The van der Waals surface area contributed by atoms with E-state index in [4.69, 9.17) is 14.2 Å². The molecule has 2 aromatic heterocycles. The number of rotatable bonds is 13. The van der Waals surface area contributed by atoms with Crippen LogP contribution in [-0.2, 0) is 17.7 Å². The highest BCUT2D eigenvalue weighted by Gasteiger charge is 2.54. The molecule has 3 saturated heterocycles. The maximum Gasteiger partial charge on any atom is 0.282 e. The van der Waals surface area contributed by atoms with E-state index < -0.39 is 30.7 Å². The van der Waals surface area contributed by atoms with Crippen LogP contribution in [0.3, 0.4) is 0 Å². The number of halogens is 3. The molecule has 1 aromatic carbocycles. The Bertz CT molecular complexity index is 1790.